The number of aromatic nitrogens is 1. The number of benzene rings is 1. The molecule has 0 aliphatic heterocycles. The molecule has 3 nitrogen and oxygen atoms in total. The molecule has 0 fully saturated rings. The molecule has 2 aromatic rings. The van der Waals surface area contributed by atoms with E-state index in [4.69, 9.17) is 4.74 Å². The molecule has 0 aliphatic rings. The maximum atomic E-state index is 11.4. The van der Waals surface area contributed by atoms with Crippen molar-refractivity contribution in [1.82, 2.24) is 4.37 Å². The van der Waals surface area contributed by atoms with Gasteiger partial charge in [0.2, 0.25) is 0 Å². The molecule has 0 amide bonds. The number of ether oxygens (including phenoxy) is 1. The van der Waals surface area contributed by atoms with Crippen LogP contribution in [0.25, 0.3) is 0 Å². The van der Waals surface area contributed by atoms with Crippen LogP contribution in [0.1, 0.15) is 27.9 Å². The molecule has 0 aliphatic carbocycles. The Kier molecular flexibility index (Phi) is 3.88. The molecule has 0 spiro atoms. The van der Waals surface area contributed by atoms with Gasteiger partial charge in [-0.1, -0.05) is 30.3 Å². The van der Waals surface area contributed by atoms with E-state index < -0.39 is 0 Å². The zero-order chi connectivity index (χ0) is 12.1. The van der Waals surface area contributed by atoms with Crippen LogP contribution in [0, 0.1) is 0 Å². The second-order valence-corrected chi connectivity index (χ2v) is 4.45. The van der Waals surface area contributed by atoms with Gasteiger partial charge >= 0.3 is 5.97 Å². The summed E-state index contributed by atoms with van der Waals surface area (Å²) in [7, 11) is 0. The minimum Gasteiger partial charge on any atom is -0.461 e. The third-order valence-corrected chi connectivity index (χ3v) is 3.05. The van der Waals surface area contributed by atoms with E-state index in [1.807, 2.05) is 18.2 Å². The largest absolute Gasteiger partial charge is 0.461 e. The highest BCUT2D eigenvalue weighted by Crippen LogP contribution is 2.15. The number of rotatable bonds is 4. The Morgan fingerprint density at radius 3 is 2.82 bits per heavy atom. The summed E-state index contributed by atoms with van der Waals surface area (Å²) in [6.45, 7) is 2.17. The van der Waals surface area contributed by atoms with Crippen LogP contribution < -0.4 is 0 Å². The quantitative estimate of drug-likeness (QED) is 0.780. The maximum Gasteiger partial charge on any atom is 0.358 e. The summed E-state index contributed by atoms with van der Waals surface area (Å²) in [5.74, 6) is -0.344. The second-order valence-electron chi connectivity index (χ2n) is 3.56. The first-order chi connectivity index (χ1) is 8.29. The van der Waals surface area contributed by atoms with Gasteiger partial charge in [-0.2, -0.15) is 4.37 Å². The number of carbonyl (C=O) groups is 1. The Bertz CT molecular complexity index is 493. The molecule has 0 atom stereocenters. The van der Waals surface area contributed by atoms with Crippen molar-refractivity contribution in [3.8, 4) is 0 Å². The molecule has 88 valence electrons. The average molecular weight is 247 g/mol. The highest BCUT2D eigenvalue weighted by Gasteiger charge is 2.11. The minimum absolute atomic E-state index is 0.344. The number of esters is 1. The number of hydrogen-bond acceptors (Lipinski definition) is 4. The number of carbonyl (C=O) groups excluding carboxylic acids is 1. The fraction of sp³-hybridized carbons (Fsp3) is 0.231. The fourth-order valence-corrected chi connectivity index (χ4v) is 2.23. The van der Waals surface area contributed by atoms with Crippen LogP contribution >= 0.6 is 11.5 Å². The van der Waals surface area contributed by atoms with Crippen molar-refractivity contribution < 1.29 is 9.53 Å². The lowest BCUT2D eigenvalue weighted by Gasteiger charge is -1.97. The van der Waals surface area contributed by atoms with Gasteiger partial charge in [0.05, 0.1) is 6.61 Å². The first-order valence-corrected chi connectivity index (χ1v) is 6.23. The Labute approximate surface area is 104 Å². The summed E-state index contributed by atoms with van der Waals surface area (Å²) in [4.78, 5) is 12.5. The molecule has 0 saturated heterocycles. The predicted octanol–water partition coefficient (Wildman–Crippen LogP) is 2.91. The maximum absolute atomic E-state index is 11.4. The summed E-state index contributed by atoms with van der Waals surface area (Å²) in [6.07, 6.45) is 0.803. The van der Waals surface area contributed by atoms with Crippen molar-refractivity contribution in [1.29, 1.82) is 0 Å². The molecule has 0 radical (unpaired) electrons. The van der Waals surface area contributed by atoms with Gasteiger partial charge in [-0.05, 0) is 30.1 Å². The molecule has 4 heteroatoms. The highest BCUT2D eigenvalue weighted by molar-refractivity contribution is 7.05. The highest BCUT2D eigenvalue weighted by atomic mass is 32.1. The van der Waals surface area contributed by atoms with E-state index in [-0.39, 0.29) is 5.97 Å². The minimum atomic E-state index is -0.344. The smallest absolute Gasteiger partial charge is 0.358 e. The van der Waals surface area contributed by atoms with Crippen molar-refractivity contribution in [3.05, 3.63) is 52.5 Å². The molecule has 1 heterocycles. The van der Waals surface area contributed by atoms with E-state index in [9.17, 15) is 4.79 Å². The Hall–Kier alpha value is -1.68. The molecule has 1 aromatic heterocycles. The molecule has 0 bridgehead atoms. The molecule has 17 heavy (non-hydrogen) atoms. The summed E-state index contributed by atoms with van der Waals surface area (Å²) >= 11 is 1.35. The summed E-state index contributed by atoms with van der Waals surface area (Å²) in [6, 6.07) is 11.9. The van der Waals surface area contributed by atoms with Crippen LogP contribution in [0.15, 0.2) is 36.4 Å². The van der Waals surface area contributed by atoms with Crippen LogP contribution in [-0.4, -0.2) is 16.9 Å². The van der Waals surface area contributed by atoms with Gasteiger partial charge in [-0.25, -0.2) is 4.79 Å². The first kappa shape index (κ1) is 11.8. The van der Waals surface area contributed by atoms with Crippen LogP contribution in [0.2, 0.25) is 0 Å². The summed E-state index contributed by atoms with van der Waals surface area (Å²) < 4.78 is 8.99. The Balaban J connectivity index is 2.06. The molecule has 0 unspecified atom stereocenters. The van der Waals surface area contributed by atoms with E-state index in [0.29, 0.717) is 12.3 Å². The van der Waals surface area contributed by atoms with Crippen molar-refractivity contribution >= 4 is 17.5 Å². The average Bonchev–Trinajstić information content (AvgIpc) is 2.79. The lowest BCUT2D eigenvalue weighted by Crippen LogP contribution is -2.04. The van der Waals surface area contributed by atoms with Crippen LogP contribution in [0.3, 0.4) is 0 Å². The topological polar surface area (TPSA) is 39.2 Å². The molecular weight excluding hydrogens is 234 g/mol. The summed E-state index contributed by atoms with van der Waals surface area (Å²) in [5, 5.41) is 0. The predicted molar refractivity (Wildman–Crippen MR) is 67.3 cm³/mol. The second kappa shape index (κ2) is 5.59. The van der Waals surface area contributed by atoms with Crippen molar-refractivity contribution in [2.75, 3.05) is 6.61 Å². The molecule has 0 saturated carbocycles. The molecule has 1 aromatic carbocycles. The monoisotopic (exact) mass is 247 g/mol. The van der Waals surface area contributed by atoms with Crippen molar-refractivity contribution in [3.63, 3.8) is 0 Å². The Morgan fingerprint density at radius 2 is 2.12 bits per heavy atom. The molecule has 2 rings (SSSR count). The van der Waals surface area contributed by atoms with Crippen LogP contribution in [0.4, 0.5) is 0 Å². The lowest BCUT2D eigenvalue weighted by molar-refractivity contribution is 0.0521. The van der Waals surface area contributed by atoms with Crippen LogP contribution in [-0.2, 0) is 11.2 Å². The van der Waals surface area contributed by atoms with Crippen molar-refractivity contribution in [2.45, 2.75) is 13.3 Å². The van der Waals surface area contributed by atoms with Gasteiger partial charge in [-0.3, -0.25) is 0 Å². The van der Waals surface area contributed by atoms with E-state index in [0.717, 1.165) is 11.3 Å². The fourth-order valence-electron chi connectivity index (χ4n) is 1.49. The normalized spacial score (nSPS) is 10.2. The summed E-state index contributed by atoms with van der Waals surface area (Å²) in [5.41, 5.74) is 1.62. The zero-order valence-corrected chi connectivity index (χ0v) is 10.4. The number of nitrogens with zero attached hydrogens (tertiary/aromatic N) is 1. The first-order valence-electron chi connectivity index (χ1n) is 5.46. The number of hydrogen-bond donors (Lipinski definition) is 0. The van der Waals surface area contributed by atoms with E-state index in [2.05, 4.69) is 16.5 Å². The van der Waals surface area contributed by atoms with E-state index >= 15 is 0 Å². The van der Waals surface area contributed by atoms with Crippen LogP contribution in [0.5, 0.6) is 0 Å². The van der Waals surface area contributed by atoms with Gasteiger partial charge in [0.1, 0.15) is 0 Å². The van der Waals surface area contributed by atoms with Gasteiger partial charge in [0, 0.05) is 11.3 Å². The zero-order valence-electron chi connectivity index (χ0n) is 9.55. The van der Waals surface area contributed by atoms with Gasteiger partial charge < -0.3 is 4.74 Å². The van der Waals surface area contributed by atoms with E-state index in [1.54, 1.807) is 13.0 Å². The Morgan fingerprint density at radius 1 is 1.35 bits per heavy atom. The standard InChI is InChI=1S/C13H13NO2S/c1-2-16-13(15)12-9-11(17-14-12)8-10-6-4-3-5-7-10/h3-7,9H,2,8H2,1H3. The lowest BCUT2D eigenvalue weighted by atomic mass is 10.1. The third kappa shape index (κ3) is 3.14. The van der Waals surface area contributed by atoms with E-state index in [1.165, 1.54) is 17.1 Å². The van der Waals surface area contributed by atoms with Gasteiger partial charge in [0.15, 0.2) is 5.69 Å². The van der Waals surface area contributed by atoms with Gasteiger partial charge in [0.25, 0.3) is 0 Å². The van der Waals surface area contributed by atoms with Crippen molar-refractivity contribution in [2.24, 2.45) is 0 Å². The molecule has 0 N–H and O–H groups in total. The molecular formula is C13H13NO2S. The third-order valence-electron chi connectivity index (χ3n) is 2.26. The van der Waals surface area contributed by atoms with Gasteiger partial charge in [-0.15, -0.1) is 0 Å². The SMILES string of the molecule is CCOC(=O)c1cc(Cc2ccccc2)sn1.